The molecule has 0 N–H and O–H groups in total. The zero-order chi connectivity index (χ0) is 28.6. The lowest BCUT2D eigenvalue weighted by molar-refractivity contribution is -0.137. The summed E-state index contributed by atoms with van der Waals surface area (Å²) in [6.07, 6.45) is -2.64. The molecule has 1 aliphatic heterocycles. The second-order valence-electron chi connectivity index (χ2n) is 10.1. The Morgan fingerprint density at radius 2 is 1.49 bits per heavy atom. The van der Waals surface area contributed by atoms with Gasteiger partial charge in [-0.25, -0.2) is 9.37 Å². The normalized spacial score (nSPS) is 14.5. The molecule has 41 heavy (non-hydrogen) atoms. The fourth-order valence-electron chi connectivity index (χ4n) is 5.21. The number of hydrogen-bond donors (Lipinski definition) is 0. The fraction of sp³-hybridized carbons (Fsp3) is 0.188. The number of rotatable bonds is 5. The Morgan fingerprint density at radius 1 is 0.780 bits per heavy atom. The molecular formula is C32H26F4N4O. The van der Waals surface area contributed by atoms with Crippen LogP contribution in [0.2, 0.25) is 0 Å². The monoisotopic (exact) mass is 558 g/mol. The third-order valence-corrected chi connectivity index (χ3v) is 7.41. The van der Waals surface area contributed by atoms with Gasteiger partial charge in [0.2, 0.25) is 0 Å². The van der Waals surface area contributed by atoms with Crippen LogP contribution in [0, 0.1) is 5.82 Å². The van der Waals surface area contributed by atoms with Crippen LogP contribution in [0.3, 0.4) is 0 Å². The van der Waals surface area contributed by atoms with Gasteiger partial charge in [-0.3, -0.25) is 9.69 Å². The summed E-state index contributed by atoms with van der Waals surface area (Å²) >= 11 is 0. The van der Waals surface area contributed by atoms with Gasteiger partial charge in [0.25, 0.3) is 5.91 Å². The summed E-state index contributed by atoms with van der Waals surface area (Å²) in [6, 6.07) is 24.1. The van der Waals surface area contributed by atoms with Gasteiger partial charge in [-0.1, -0.05) is 30.3 Å². The highest BCUT2D eigenvalue weighted by atomic mass is 19.4. The molecule has 0 saturated carbocycles. The number of piperazine rings is 1. The van der Waals surface area contributed by atoms with E-state index >= 15 is 0 Å². The van der Waals surface area contributed by atoms with Crippen molar-refractivity contribution in [1.29, 1.82) is 0 Å². The van der Waals surface area contributed by atoms with Crippen molar-refractivity contribution < 1.29 is 22.4 Å². The van der Waals surface area contributed by atoms with E-state index in [-0.39, 0.29) is 11.7 Å². The lowest BCUT2D eigenvalue weighted by Crippen LogP contribution is -2.48. The molecular weight excluding hydrogens is 532 g/mol. The van der Waals surface area contributed by atoms with Crippen molar-refractivity contribution in [3.63, 3.8) is 0 Å². The predicted molar refractivity (Wildman–Crippen MR) is 149 cm³/mol. The molecule has 208 valence electrons. The molecule has 6 rings (SSSR count). The Hall–Kier alpha value is -4.50. The number of carbonyl (C=O) groups excluding carboxylic acids is 1. The lowest BCUT2D eigenvalue weighted by atomic mass is 10.0. The van der Waals surface area contributed by atoms with E-state index in [4.69, 9.17) is 4.98 Å². The average molecular weight is 559 g/mol. The van der Waals surface area contributed by atoms with Gasteiger partial charge in [0.05, 0.1) is 17.0 Å². The van der Waals surface area contributed by atoms with Crippen LogP contribution in [-0.2, 0) is 12.7 Å². The number of imidazole rings is 1. The number of carbonyl (C=O) groups is 1. The summed E-state index contributed by atoms with van der Waals surface area (Å²) in [7, 11) is 0. The molecule has 0 spiro atoms. The first-order valence-corrected chi connectivity index (χ1v) is 13.3. The molecule has 0 atom stereocenters. The highest BCUT2D eigenvalue weighted by molar-refractivity contribution is 5.94. The number of fused-ring (bicyclic) bond motifs is 1. The van der Waals surface area contributed by atoms with Crippen molar-refractivity contribution in [1.82, 2.24) is 19.2 Å². The molecule has 1 aliphatic rings. The Bertz CT molecular complexity index is 1690. The Morgan fingerprint density at radius 3 is 2.20 bits per heavy atom. The number of nitrogens with zero attached hydrogens (tertiary/aromatic N) is 4. The smallest absolute Gasteiger partial charge is 0.336 e. The van der Waals surface area contributed by atoms with E-state index in [0.29, 0.717) is 60.8 Å². The molecule has 3 heterocycles. The molecule has 9 heteroatoms. The first-order chi connectivity index (χ1) is 19.8. The van der Waals surface area contributed by atoms with Crippen LogP contribution in [0.15, 0.2) is 97.2 Å². The Kier molecular flexibility index (Phi) is 7.05. The van der Waals surface area contributed by atoms with Gasteiger partial charge in [0, 0.05) is 50.0 Å². The second kappa shape index (κ2) is 10.8. The number of pyridine rings is 1. The minimum absolute atomic E-state index is 0.00205. The number of halogens is 4. The average Bonchev–Trinajstić information content (AvgIpc) is 3.35. The van der Waals surface area contributed by atoms with E-state index in [1.807, 2.05) is 39.6 Å². The maximum absolute atomic E-state index is 13.7. The van der Waals surface area contributed by atoms with Crippen molar-refractivity contribution in [3.05, 3.63) is 120 Å². The van der Waals surface area contributed by atoms with Crippen LogP contribution in [0.5, 0.6) is 0 Å². The molecule has 0 bridgehead atoms. The van der Waals surface area contributed by atoms with Gasteiger partial charge in [0.1, 0.15) is 11.5 Å². The molecule has 1 amide bonds. The van der Waals surface area contributed by atoms with E-state index in [1.165, 1.54) is 18.2 Å². The van der Waals surface area contributed by atoms with Crippen molar-refractivity contribution in [2.45, 2.75) is 12.7 Å². The van der Waals surface area contributed by atoms with Gasteiger partial charge in [-0.2, -0.15) is 13.2 Å². The summed E-state index contributed by atoms with van der Waals surface area (Å²) in [5.41, 5.74) is 3.89. The standard InChI is InChI=1S/C32H26F4N4O/c33-27-12-9-22(10-13-27)30-28(21-38-15-17-39(18-16-38)31(41)23-5-2-1-3-6-23)40-20-25(11-14-29(40)37-30)24-7-4-8-26(19-24)32(34,35)36/h1-14,19-20H,15-18,21H2. The minimum Gasteiger partial charge on any atom is -0.336 e. The van der Waals surface area contributed by atoms with Gasteiger partial charge in [0.15, 0.2) is 0 Å². The highest BCUT2D eigenvalue weighted by Gasteiger charge is 2.30. The Balaban J connectivity index is 1.33. The third-order valence-electron chi connectivity index (χ3n) is 7.41. The summed E-state index contributed by atoms with van der Waals surface area (Å²) < 4.78 is 55.8. The molecule has 5 aromatic rings. The fourth-order valence-corrected chi connectivity index (χ4v) is 5.21. The second-order valence-corrected chi connectivity index (χ2v) is 10.1. The topological polar surface area (TPSA) is 40.9 Å². The first-order valence-electron chi connectivity index (χ1n) is 13.3. The van der Waals surface area contributed by atoms with Crippen LogP contribution in [-0.4, -0.2) is 51.3 Å². The molecule has 2 aromatic heterocycles. The number of amides is 1. The molecule has 0 radical (unpaired) electrons. The first kappa shape index (κ1) is 26.7. The van der Waals surface area contributed by atoms with Gasteiger partial charge >= 0.3 is 6.18 Å². The number of hydrogen-bond acceptors (Lipinski definition) is 3. The molecule has 0 unspecified atom stereocenters. The highest BCUT2D eigenvalue weighted by Crippen LogP contribution is 2.33. The lowest BCUT2D eigenvalue weighted by Gasteiger charge is -2.34. The van der Waals surface area contributed by atoms with E-state index in [1.54, 1.807) is 36.5 Å². The van der Waals surface area contributed by atoms with Gasteiger partial charge < -0.3 is 9.30 Å². The van der Waals surface area contributed by atoms with E-state index in [2.05, 4.69) is 4.90 Å². The predicted octanol–water partition coefficient (Wildman–Crippen LogP) is 6.78. The molecule has 0 aliphatic carbocycles. The summed E-state index contributed by atoms with van der Waals surface area (Å²) in [5.74, 6) is -0.358. The van der Waals surface area contributed by atoms with Crippen LogP contribution >= 0.6 is 0 Å². The molecule has 5 nitrogen and oxygen atoms in total. The van der Waals surface area contributed by atoms with Crippen LogP contribution in [0.1, 0.15) is 21.6 Å². The van der Waals surface area contributed by atoms with Crippen molar-refractivity contribution in [2.75, 3.05) is 26.2 Å². The number of aromatic nitrogens is 2. The molecule has 3 aromatic carbocycles. The maximum atomic E-state index is 13.7. The zero-order valence-electron chi connectivity index (χ0n) is 22.0. The summed E-state index contributed by atoms with van der Waals surface area (Å²) in [4.78, 5) is 21.8. The van der Waals surface area contributed by atoms with Crippen molar-refractivity contribution in [2.24, 2.45) is 0 Å². The summed E-state index contributed by atoms with van der Waals surface area (Å²) in [6.45, 7) is 2.90. The van der Waals surface area contributed by atoms with Crippen LogP contribution < -0.4 is 0 Å². The van der Waals surface area contributed by atoms with E-state index in [0.717, 1.165) is 23.4 Å². The minimum atomic E-state index is -4.44. The zero-order valence-corrected chi connectivity index (χ0v) is 22.0. The Labute approximate surface area is 234 Å². The number of benzene rings is 3. The third kappa shape index (κ3) is 5.58. The van der Waals surface area contributed by atoms with Crippen LogP contribution in [0.4, 0.5) is 17.6 Å². The summed E-state index contributed by atoms with van der Waals surface area (Å²) in [5, 5.41) is 0. The van der Waals surface area contributed by atoms with E-state index < -0.39 is 11.7 Å². The van der Waals surface area contributed by atoms with Crippen molar-refractivity contribution in [3.8, 4) is 22.4 Å². The number of alkyl halides is 3. The van der Waals surface area contributed by atoms with E-state index in [9.17, 15) is 22.4 Å². The quantitative estimate of drug-likeness (QED) is 0.223. The van der Waals surface area contributed by atoms with Crippen LogP contribution in [0.25, 0.3) is 28.0 Å². The molecule has 1 saturated heterocycles. The molecule has 1 fully saturated rings. The SMILES string of the molecule is O=C(c1ccccc1)N1CCN(Cc2c(-c3ccc(F)cc3)nc3ccc(-c4cccc(C(F)(F)F)c4)cn23)CC1. The van der Waals surface area contributed by atoms with Gasteiger partial charge in [-0.15, -0.1) is 0 Å². The van der Waals surface area contributed by atoms with Gasteiger partial charge in [-0.05, 0) is 71.8 Å². The maximum Gasteiger partial charge on any atom is 0.416 e. The van der Waals surface area contributed by atoms with Crippen molar-refractivity contribution >= 4 is 11.6 Å². The largest absolute Gasteiger partial charge is 0.416 e.